The number of hydrogen-bond acceptors (Lipinski definition) is 6. The summed E-state index contributed by atoms with van der Waals surface area (Å²) in [5, 5.41) is 7.87. The average Bonchev–Trinajstić information content (AvgIpc) is 3.27. The molecule has 204 valence electrons. The van der Waals surface area contributed by atoms with Crippen LogP contribution in [0.25, 0.3) is 10.9 Å². The number of aryl methyl sites for hydroxylation is 1. The van der Waals surface area contributed by atoms with E-state index in [-0.39, 0.29) is 17.9 Å². The van der Waals surface area contributed by atoms with Crippen molar-refractivity contribution >= 4 is 29.2 Å². The molecule has 8 nitrogen and oxygen atoms in total. The first-order valence-electron chi connectivity index (χ1n) is 13.5. The molecule has 2 aromatic heterocycles. The van der Waals surface area contributed by atoms with E-state index < -0.39 is 5.82 Å². The van der Waals surface area contributed by atoms with Gasteiger partial charge in [0.05, 0.1) is 28.7 Å². The second kappa shape index (κ2) is 11.1. The molecule has 9 heteroatoms. The van der Waals surface area contributed by atoms with Crippen LogP contribution in [-0.4, -0.2) is 40.0 Å². The number of nitrogens with one attached hydrogen (secondary N) is 1. The molecule has 1 saturated carbocycles. The monoisotopic (exact) mass is 529 g/mol. The Morgan fingerprint density at radius 2 is 2.13 bits per heavy atom. The summed E-state index contributed by atoms with van der Waals surface area (Å²) in [5.74, 6) is -0.0431. The molecule has 0 spiro atoms. The van der Waals surface area contributed by atoms with Crippen molar-refractivity contribution in [3.63, 3.8) is 0 Å². The highest BCUT2D eigenvalue weighted by molar-refractivity contribution is 6.06. The Morgan fingerprint density at radius 3 is 2.90 bits per heavy atom. The lowest BCUT2D eigenvalue weighted by Gasteiger charge is -2.33. The third-order valence-electron chi connectivity index (χ3n) is 7.88. The molecule has 3 atom stereocenters. The van der Waals surface area contributed by atoms with Crippen molar-refractivity contribution in [3.8, 4) is 0 Å². The van der Waals surface area contributed by atoms with Crippen LogP contribution in [0, 0.1) is 17.7 Å². The SMILES string of the molecule is C=N/C=C\C(=C(/C)NC(=O)c1ccc(F)c2cc(N3CCc4nn(C)cc4C3)cnc12)[C@@H]1C[C@H](C)C[C@H](N)C1. The van der Waals surface area contributed by atoms with Crippen LogP contribution in [0.1, 0.15) is 54.7 Å². The van der Waals surface area contributed by atoms with Gasteiger partial charge in [-0.1, -0.05) is 6.92 Å². The predicted molar refractivity (Wildman–Crippen MR) is 153 cm³/mol. The number of pyridine rings is 1. The van der Waals surface area contributed by atoms with Crippen molar-refractivity contribution in [2.75, 3.05) is 11.4 Å². The van der Waals surface area contributed by atoms with E-state index in [1.54, 1.807) is 18.5 Å². The van der Waals surface area contributed by atoms with Gasteiger partial charge in [0.2, 0.25) is 0 Å². The molecule has 3 aromatic rings. The van der Waals surface area contributed by atoms with Gasteiger partial charge in [0.1, 0.15) is 5.82 Å². The average molecular weight is 530 g/mol. The maximum absolute atomic E-state index is 15.0. The van der Waals surface area contributed by atoms with Crippen LogP contribution in [0.15, 0.2) is 59.1 Å². The predicted octanol–water partition coefficient (Wildman–Crippen LogP) is 4.65. The summed E-state index contributed by atoms with van der Waals surface area (Å²) in [6, 6.07) is 4.73. The third-order valence-corrected chi connectivity index (χ3v) is 7.88. The summed E-state index contributed by atoms with van der Waals surface area (Å²) in [6.45, 7) is 9.08. The highest BCUT2D eigenvalue weighted by Crippen LogP contribution is 2.35. The van der Waals surface area contributed by atoms with E-state index in [0.717, 1.165) is 60.4 Å². The number of rotatable bonds is 6. The van der Waals surface area contributed by atoms with Gasteiger partial charge >= 0.3 is 0 Å². The smallest absolute Gasteiger partial charge is 0.257 e. The quantitative estimate of drug-likeness (QED) is 0.358. The van der Waals surface area contributed by atoms with Gasteiger partial charge in [-0.05, 0) is 74.6 Å². The number of aromatic nitrogens is 3. The zero-order valence-corrected chi connectivity index (χ0v) is 22.8. The van der Waals surface area contributed by atoms with Crippen molar-refractivity contribution < 1.29 is 9.18 Å². The number of allylic oxidation sites excluding steroid dienone is 3. The maximum atomic E-state index is 15.0. The van der Waals surface area contributed by atoms with Crippen LogP contribution in [0.4, 0.5) is 10.1 Å². The fraction of sp³-hybridized carbons (Fsp3) is 0.400. The number of aliphatic imine (C=N–C) groups is 1. The minimum absolute atomic E-state index is 0.117. The minimum atomic E-state index is -0.409. The van der Waals surface area contributed by atoms with E-state index in [9.17, 15) is 4.79 Å². The van der Waals surface area contributed by atoms with Gasteiger partial charge in [-0.15, -0.1) is 0 Å². The van der Waals surface area contributed by atoms with Gasteiger partial charge in [-0.3, -0.25) is 19.5 Å². The van der Waals surface area contributed by atoms with E-state index in [1.165, 1.54) is 12.1 Å². The van der Waals surface area contributed by atoms with E-state index in [4.69, 9.17) is 5.73 Å². The van der Waals surface area contributed by atoms with Crippen LogP contribution >= 0.6 is 0 Å². The standard InChI is InChI=1S/C30H36FN7O/c1-18-11-20(13-22(32)12-18)24(7-9-33-3)19(2)35-30(39)25-5-6-27(31)26-14-23(15-34-29(25)26)38-10-8-28-21(17-38)16-37(4)36-28/h5-7,9,14-16,18,20,22H,3,8,10-13,17,32H2,1-2,4H3,(H,35,39)/b9-7-,24-19-/t18-,20+,22-/m0/s1. The molecule has 0 radical (unpaired) electrons. The molecule has 3 N–H and O–H groups in total. The summed E-state index contributed by atoms with van der Waals surface area (Å²) in [6.07, 6.45) is 10.9. The fourth-order valence-electron chi connectivity index (χ4n) is 6.12. The lowest BCUT2D eigenvalue weighted by atomic mass is 9.75. The van der Waals surface area contributed by atoms with E-state index >= 15 is 4.39 Å². The fourth-order valence-corrected chi connectivity index (χ4v) is 6.12. The Balaban J connectivity index is 1.43. The summed E-state index contributed by atoms with van der Waals surface area (Å²) >= 11 is 0. The zero-order valence-electron chi connectivity index (χ0n) is 22.8. The molecule has 5 rings (SSSR count). The molecule has 3 heterocycles. The molecule has 0 saturated heterocycles. The van der Waals surface area contributed by atoms with Gasteiger partial charge in [-0.2, -0.15) is 5.10 Å². The van der Waals surface area contributed by atoms with Crippen molar-refractivity contribution in [3.05, 3.63) is 76.8 Å². The zero-order chi connectivity index (χ0) is 27.7. The summed E-state index contributed by atoms with van der Waals surface area (Å²) in [7, 11) is 1.92. The molecule has 1 aliphatic carbocycles. The number of carbonyl (C=O) groups is 1. The Bertz CT molecular complexity index is 1460. The lowest BCUT2D eigenvalue weighted by Crippen LogP contribution is -2.33. The molecule has 1 fully saturated rings. The number of amides is 1. The molecule has 0 bridgehead atoms. The lowest BCUT2D eigenvalue weighted by molar-refractivity contribution is 0.0966. The number of hydrogen-bond donors (Lipinski definition) is 2. The molecule has 1 aromatic carbocycles. The largest absolute Gasteiger partial charge is 0.365 e. The molecule has 0 unspecified atom stereocenters. The van der Waals surface area contributed by atoms with Crippen LogP contribution in [0.3, 0.4) is 0 Å². The second-order valence-electron chi connectivity index (χ2n) is 10.9. The first-order chi connectivity index (χ1) is 18.7. The van der Waals surface area contributed by atoms with Gasteiger partial charge in [0.25, 0.3) is 5.91 Å². The number of anilines is 1. The number of halogens is 1. The Labute approximate surface area is 228 Å². The molecule has 2 aliphatic rings. The summed E-state index contributed by atoms with van der Waals surface area (Å²) in [5.41, 5.74) is 11.8. The molecular weight excluding hydrogens is 493 g/mol. The van der Waals surface area contributed by atoms with E-state index in [0.29, 0.717) is 28.9 Å². The van der Waals surface area contributed by atoms with Crippen molar-refractivity contribution in [2.45, 2.75) is 52.1 Å². The highest BCUT2D eigenvalue weighted by atomic mass is 19.1. The summed E-state index contributed by atoms with van der Waals surface area (Å²) in [4.78, 5) is 24.1. The van der Waals surface area contributed by atoms with Crippen molar-refractivity contribution in [1.82, 2.24) is 20.1 Å². The second-order valence-corrected chi connectivity index (χ2v) is 10.9. The normalized spacial score (nSPS) is 22.1. The molecule has 39 heavy (non-hydrogen) atoms. The van der Waals surface area contributed by atoms with Gasteiger partial charge < -0.3 is 16.0 Å². The van der Waals surface area contributed by atoms with Crippen LogP contribution in [0.5, 0.6) is 0 Å². The number of fused-ring (bicyclic) bond motifs is 2. The molecule has 1 aliphatic heterocycles. The van der Waals surface area contributed by atoms with E-state index in [2.05, 4.69) is 38.9 Å². The maximum Gasteiger partial charge on any atom is 0.257 e. The number of carbonyl (C=O) groups excluding carboxylic acids is 1. The Morgan fingerprint density at radius 1 is 1.31 bits per heavy atom. The molecule has 1 amide bonds. The first-order valence-corrected chi connectivity index (χ1v) is 13.5. The third kappa shape index (κ3) is 5.63. The van der Waals surface area contributed by atoms with Gasteiger partial charge in [0, 0.05) is 61.6 Å². The number of nitrogens with zero attached hydrogens (tertiary/aromatic N) is 5. The topological polar surface area (TPSA) is 101 Å². The number of nitrogens with two attached hydrogens (primary N) is 1. The van der Waals surface area contributed by atoms with Crippen LogP contribution in [-0.2, 0) is 20.0 Å². The summed E-state index contributed by atoms with van der Waals surface area (Å²) < 4.78 is 16.8. The van der Waals surface area contributed by atoms with Crippen LogP contribution < -0.4 is 16.0 Å². The minimum Gasteiger partial charge on any atom is -0.365 e. The van der Waals surface area contributed by atoms with Gasteiger partial charge in [-0.25, -0.2) is 4.39 Å². The van der Waals surface area contributed by atoms with Crippen molar-refractivity contribution in [2.24, 2.45) is 29.6 Å². The van der Waals surface area contributed by atoms with Crippen molar-refractivity contribution in [1.29, 1.82) is 0 Å². The Hall–Kier alpha value is -3.85. The highest BCUT2D eigenvalue weighted by Gasteiger charge is 2.28. The number of benzene rings is 1. The van der Waals surface area contributed by atoms with Crippen LogP contribution in [0.2, 0.25) is 0 Å². The molecular formula is C30H36FN7O. The van der Waals surface area contributed by atoms with E-state index in [1.807, 2.05) is 30.9 Å². The Kier molecular flexibility index (Phi) is 7.61. The first kappa shape index (κ1) is 26.7. The van der Waals surface area contributed by atoms with Gasteiger partial charge in [0.15, 0.2) is 0 Å².